The third kappa shape index (κ3) is 4.03. The van der Waals surface area contributed by atoms with E-state index in [4.69, 9.17) is 4.74 Å². The molecule has 0 radical (unpaired) electrons. The highest BCUT2D eigenvalue weighted by atomic mass is 16.5. The maximum absolute atomic E-state index is 12.6. The summed E-state index contributed by atoms with van der Waals surface area (Å²) in [6.07, 6.45) is 0.870. The predicted molar refractivity (Wildman–Crippen MR) is 104 cm³/mol. The molecule has 0 saturated heterocycles. The van der Waals surface area contributed by atoms with Crippen LogP contribution in [0.15, 0.2) is 60.7 Å². The van der Waals surface area contributed by atoms with E-state index in [-0.39, 0.29) is 12.4 Å². The molecule has 29 heavy (non-hydrogen) atoms. The molecule has 0 saturated carbocycles. The van der Waals surface area contributed by atoms with Crippen molar-refractivity contribution in [3.05, 3.63) is 72.3 Å². The van der Waals surface area contributed by atoms with Gasteiger partial charge in [0.25, 0.3) is 5.82 Å². The second-order valence-electron chi connectivity index (χ2n) is 6.27. The number of nitrogens with zero attached hydrogens (tertiary/aromatic N) is 7. The van der Waals surface area contributed by atoms with Gasteiger partial charge in [0.05, 0.1) is 5.69 Å². The lowest BCUT2D eigenvalue weighted by Gasteiger charge is -2.05. The van der Waals surface area contributed by atoms with Crippen LogP contribution in [0.4, 0.5) is 0 Å². The Hall–Kier alpha value is -3.88. The molecule has 2 aromatic heterocycles. The molecular formula is C20H19N7O2. The first-order valence-electron chi connectivity index (χ1n) is 9.26. The monoisotopic (exact) mass is 389 g/mol. The maximum Gasteiger partial charge on any atom is 0.378 e. The molecular weight excluding hydrogens is 370 g/mol. The van der Waals surface area contributed by atoms with Crippen LogP contribution in [0.25, 0.3) is 17.1 Å². The molecule has 0 fully saturated rings. The highest BCUT2D eigenvalue weighted by Crippen LogP contribution is 2.21. The summed E-state index contributed by atoms with van der Waals surface area (Å²) in [5.74, 6) is 0.371. The Balaban J connectivity index is 1.61. The van der Waals surface area contributed by atoms with Gasteiger partial charge in [-0.25, -0.2) is 19.1 Å². The minimum Gasteiger partial charge on any atom is -0.451 e. The second-order valence-corrected chi connectivity index (χ2v) is 6.27. The Morgan fingerprint density at radius 2 is 1.76 bits per heavy atom. The quantitative estimate of drug-likeness (QED) is 0.448. The van der Waals surface area contributed by atoms with Crippen LogP contribution in [-0.4, -0.2) is 40.9 Å². The zero-order chi connectivity index (χ0) is 20.1. The average molecular weight is 389 g/mol. The standard InChI is InChI=1S/C20H19N7O2/c1-2-13-26-17(22-24-25-26)14-29-20(28)18-21-19(15-9-5-3-6-10-15)27(23-18)16-11-7-4-8-12-16/h3-12H,2,13-14H2,1H3. The number of hydrogen-bond acceptors (Lipinski definition) is 7. The summed E-state index contributed by atoms with van der Waals surface area (Å²) in [4.78, 5) is 17.0. The molecule has 146 valence electrons. The van der Waals surface area contributed by atoms with Crippen LogP contribution < -0.4 is 0 Å². The molecule has 0 aliphatic rings. The first-order chi connectivity index (χ1) is 14.3. The predicted octanol–water partition coefficient (Wildman–Crippen LogP) is 2.69. The Morgan fingerprint density at radius 3 is 2.48 bits per heavy atom. The summed E-state index contributed by atoms with van der Waals surface area (Å²) in [5, 5.41) is 15.8. The molecule has 2 heterocycles. The molecule has 9 nitrogen and oxygen atoms in total. The lowest BCUT2D eigenvalue weighted by molar-refractivity contribution is 0.0442. The first-order valence-corrected chi connectivity index (χ1v) is 9.26. The summed E-state index contributed by atoms with van der Waals surface area (Å²) in [6.45, 7) is 2.62. The fourth-order valence-corrected chi connectivity index (χ4v) is 2.83. The van der Waals surface area contributed by atoms with Gasteiger partial charge >= 0.3 is 5.97 Å². The van der Waals surface area contributed by atoms with Crippen molar-refractivity contribution in [1.29, 1.82) is 0 Å². The molecule has 0 spiro atoms. The summed E-state index contributed by atoms with van der Waals surface area (Å²) >= 11 is 0. The largest absolute Gasteiger partial charge is 0.451 e. The van der Waals surface area contributed by atoms with Gasteiger partial charge in [-0.3, -0.25) is 0 Å². The third-order valence-electron chi connectivity index (χ3n) is 4.20. The van der Waals surface area contributed by atoms with E-state index in [1.54, 1.807) is 9.36 Å². The van der Waals surface area contributed by atoms with Gasteiger partial charge < -0.3 is 4.74 Å². The van der Waals surface area contributed by atoms with Crippen molar-refractivity contribution in [1.82, 2.24) is 35.0 Å². The number of benzene rings is 2. The minimum atomic E-state index is -0.636. The SMILES string of the molecule is CCCn1nnnc1COC(=O)c1nc(-c2ccccc2)n(-c2ccccc2)n1. The Labute approximate surface area is 167 Å². The number of esters is 1. The smallest absolute Gasteiger partial charge is 0.378 e. The number of aromatic nitrogens is 7. The van der Waals surface area contributed by atoms with Crippen LogP contribution in [-0.2, 0) is 17.9 Å². The Morgan fingerprint density at radius 1 is 1.03 bits per heavy atom. The highest BCUT2D eigenvalue weighted by Gasteiger charge is 2.20. The van der Waals surface area contributed by atoms with E-state index in [1.165, 1.54) is 0 Å². The van der Waals surface area contributed by atoms with E-state index >= 15 is 0 Å². The normalized spacial score (nSPS) is 10.8. The summed E-state index contributed by atoms with van der Waals surface area (Å²) in [6, 6.07) is 19.1. The van der Waals surface area contributed by atoms with Gasteiger partial charge in [0.1, 0.15) is 0 Å². The molecule has 0 unspecified atom stereocenters. The van der Waals surface area contributed by atoms with E-state index in [9.17, 15) is 4.79 Å². The number of aryl methyl sites for hydroxylation is 1. The average Bonchev–Trinajstić information content (AvgIpc) is 3.41. The molecule has 0 atom stereocenters. The van der Waals surface area contributed by atoms with Gasteiger partial charge in [0.2, 0.25) is 0 Å². The zero-order valence-electron chi connectivity index (χ0n) is 15.8. The van der Waals surface area contributed by atoms with Gasteiger partial charge in [-0.05, 0) is 29.0 Å². The lowest BCUT2D eigenvalue weighted by Crippen LogP contribution is -2.12. The van der Waals surface area contributed by atoms with E-state index in [1.807, 2.05) is 67.6 Å². The van der Waals surface area contributed by atoms with Crippen molar-refractivity contribution in [2.75, 3.05) is 0 Å². The number of hydrogen-bond donors (Lipinski definition) is 0. The van der Waals surface area contributed by atoms with Crippen molar-refractivity contribution in [2.24, 2.45) is 0 Å². The van der Waals surface area contributed by atoms with Crippen molar-refractivity contribution < 1.29 is 9.53 Å². The fourth-order valence-electron chi connectivity index (χ4n) is 2.83. The maximum atomic E-state index is 12.6. The second kappa shape index (κ2) is 8.42. The lowest BCUT2D eigenvalue weighted by atomic mass is 10.2. The van der Waals surface area contributed by atoms with Gasteiger partial charge in [-0.2, -0.15) is 0 Å². The van der Waals surface area contributed by atoms with Crippen molar-refractivity contribution in [3.8, 4) is 17.1 Å². The van der Waals surface area contributed by atoms with Crippen molar-refractivity contribution >= 4 is 5.97 Å². The van der Waals surface area contributed by atoms with Crippen molar-refractivity contribution in [2.45, 2.75) is 26.5 Å². The fraction of sp³-hybridized carbons (Fsp3) is 0.200. The number of tetrazole rings is 1. The summed E-state index contributed by atoms with van der Waals surface area (Å²) in [5.41, 5.74) is 1.64. The van der Waals surface area contributed by atoms with E-state index in [0.717, 1.165) is 17.7 Å². The summed E-state index contributed by atoms with van der Waals surface area (Å²) in [7, 11) is 0. The molecule has 0 amide bonds. The Bertz CT molecular complexity index is 1030. The van der Waals surface area contributed by atoms with E-state index < -0.39 is 5.97 Å². The molecule has 4 rings (SSSR count). The third-order valence-corrected chi connectivity index (χ3v) is 4.20. The number of para-hydroxylation sites is 1. The van der Waals surface area contributed by atoms with Crippen LogP contribution in [0, 0.1) is 0 Å². The molecule has 2 aromatic carbocycles. The highest BCUT2D eigenvalue weighted by molar-refractivity contribution is 5.85. The van der Waals surface area contributed by atoms with Crippen LogP contribution >= 0.6 is 0 Å². The Kier molecular flexibility index (Phi) is 5.37. The number of rotatable bonds is 7. The molecule has 4 aromatic rings. The van der Waals surface area contributed by atoms with Crippen LogP contribution in [0.5, 0.6) is 0 Å². The topological polar surface area (TPSA) is 101 Å². The van der Waals surface area contributed by atoms with Crippen LogP contribution in [0.2, 0.25) is 0 Å². The van der Waals surface area contributed by atoms with Crippen LogP contribution in [0.1, 0.15) is 29.8 Å². The van der Waals surface area contributed by atoms with Crippen molar-refractivity contribution in [3.63, 3.8) is 0 Å². The van der Waals surface area contributed by atoms with Gasteiger partial charge in [-0.15, -0.1) is 10.2 Å². The van der Waals surface area contributed by atoms with Gasteiger partial charge in [0, 0.05) is 12.1 Å². The molecule has 9 heteroatoms. The number of carbonyl (C=O) groups is 1. The zero-order valence-corrected chi connectivity index (χ0v) is 15.8. The van der Waals surface area contributed by atoms with Gasteiger partial charge in [0.15, 0.2) is 18.3 Å². The van der Waals surface area contributed by atoms with E-state index in [0.29, 0.717) is 18.2 Å². The number of ether oxygens (including phenoxy) is 1. The van der Waals surface area contributed by atoms with E-state index in [2.05, 4.69) is 25.6 Å². The first kappa shape index (κ1) is 18.5. The molecule has 0 aliphatic carbocycles. The molecule has 0 N–H and O–H groups in total. The van der Waals surface area contributed by atoms with Gasteiger partial charge in [-0.1, -0.05) is 55.5 Å². The summed E-state index contributed by atoms with van der Waals surface area (Å²) < 4.78 is 8.60. The molecule has 0 aliphatic heterocycles. The van der Waals surface area contributed by atoms with Crippen LogP contribution in [0.3, 0.4) is 0 Å². The minimum absolute atomic E-state index is 0.0257. The number of carbonyl (C=O) groups excluding carboxylic acids is 1. The molecule has 0 bridgehead atoms.